The molecule has 0 bridgehead atoms. The quantitative estimate of drug-likeness (QED) is 0.671. The minimum Gasteiger partial charge on any atom is -0.316 e. The Morgan fingerprint density at radius 1 is 1.07 bits per heavy atom. The molecule has 2 fully saturated rings. The number of nitrogens with one attached hydrogen (secondary N) is 2. The summed E-state index contributed by atoms with van der Waals surface area (Å²) < 4.78 is 27.1. The van der Waals surface area contributed by atoms with Crippen molar-refractivity contribution in [3.05, 3.63) is 0 Å². The smallest absolute Gasteiger partial charge is 0.263 e. The fourth-order valence-corrected chi connectivity index (χ4v) is 2.66. The van der Waals surface area contributed by atoms with Gasteiger partial charge in [-0.25, -0.2) is 8.78 Å². The summed E-state index contributed by atoms with van der Waals surface area (Å²) in [6.07, 6.45) is 2.64. The van der Waals surface area contributed by atoms with Crippen molar-refractivity contribution in [2.45, 2.75) is 25.2 Å². The maximum absolute atomic E-state index is 13.6. The Kier molecular flexibility index (Phi) is 3.02. The normalized spacial score (nSPS) is 38.1. The fraction of sp³-hybridized carbons (Fsp3) is 1.00. The number of halogens is 2. The molecule has 0 saturated carbocycles. The molecule has 0 spiro atoms. The van der Waals surface area contributed by atoms with Gasteiger partial charge in [-0.15, -0.1) is 0 Å². The second-order valence-corrected chi connectivity index (χ2v) is 4.44. The minimum absolute atomic E-state index is 0.131. The molecule has 2 heterocycles. The third-order valence-corrected chi connectivity index (χ3v) is 3.44. The standard InChI is InChI=1S/C10H18F2N2/c11-10(12)7-14-5-3-9(10)8-2-1-4-13-6-8/h8-9,13-14H,1-7H2. The van der Waals surface area contributed by atoms with Crippen LogP contribution in [0, 0.1) is 11.8 Å². The van der Waals surface area contributed by atoms with Gasteiger partial charge in [-0.3, -0.25) is 0 Å². The second kappa shape index (κ2) is 4.11. The van der Waals surface area contributed by atoms with E-state index in [2.05, 4.69) is 10.6 Å². The fourth-order valence-electron chi connectivity index (χ4n) is 2.66. The van der Waals surface area contributed by atoms with Crippen molar-refractivity contribution in [2.24, 2.45) is 11.8 Å². The number of rotatable bonds is 1. The van der Waals surface area contributed by atoms with Gasteiger partial charge < -0.3 is 10.6 Å². The topological polar surface area (TPSA) is 24.1 Å². The first-order valence-corrected chi connectivity index (χ1v) is 5.49. The number of hydrogen-bond donors (Lipinski definition) is 2. The summed E-state index contributed by atoms with van der Waals surface area (Å²) in [5.74, 6) is -2.72. The molecular weight excluding hydrogens is 186 g/mol. The van der Waals surface area contributed by atoms with E-state index >= 15 is 0 Å². The molecule has 14 heavy (non-hydrogen) atoms. The molecule has 2 N–H and O–H groups in total. The van der Waals surface area contributed by atoms with E-state index in [1.54, 1.807) is 0 Å². The van der Waals surface area contributed by atoms with Crippen LogP contribution in [0.15, 0.2) is 0 Å². The average Bonchev–Trinajstić information content (AvgIpc) is 2.18. The summed E-state index contributed by atoms with van der Waals surface area (Å²) in [6, 6.07) is 0. The Hall–Kier alpha value is -0.220. The van der Waals surface area contributed by atoms with Crippen molar-refractivity contribution in [3.63, 3.8) is 0 Å². The van der Waals surface area contributed by atoms with Crippen LogP contribution in [-0.4, -0.2) is 32.1 Å². The van der Waals surface area contributed by atoms with E-state index in [1.165, 1.54) is 0 Å². The zero-order chi connectivity index (χ0) is 10.0. The van der Waals surface area contributed by atoms with Gasteiger partial charge in [-0.2, -0.15) is 0 Å². The van der Waals surface area contributed by atoms with E-state index < -0.39 is 11.8 Å². The van der Waals surface area contributed by atoms with Gasteiger partial charge in [0.1, 0.15) is 0 Å². The number of piperidine rings is 2. The van der Waals surface area contributed by atoms with E-state index in [1.807, 2.05) is 0 Å². The Morgan fingerprint density at radius 3 is 2.57 bits per heavy atom. The monoisotopic (exact) mass is 204 g/mol. The van der Waals surface area contributed by atoms with Gasteiger partial charge in [0.05, 0.1) is 6.54 Å². The highest BCUT2D eigenvalue weighted by atomic mass is 19.3. The summed E-state index contributed by atoms with van der Waals surface area (Å²) in [4.78, 5) is 0. The predicted molar refractivity (Wildman–Crippen MR) is 51.5 cm³/mol. The molecule has 0 aliphatic carbocycles. The zero-order valence-electron chi connectivity index (χ0n) is 8.36. The molecule has 0 aromatic carbocycles. The highest BCUT2D eigenvalue weighted by Gasteiger charge is 2.45. The van der Waals surface area contributed by atoms with Crippen molar-refractivity contribution in [2.75, 3.05) is 26.2 Å². The maximum Gasteiger partial charge on any atom is 0.263 e. The van der Waals surface area contributed by atoms with Crippen LogP contribution < -0.4 is 10.6 Å². The van der Waals surface area contributed by atoms with Crippen LogP contribution in [0.3, 0.4) is 0 Å². The number of hydrogen-bond acceptors (Lipinski definition) is 2. The summed E-state index contributed by atoms with van der Waals surface area (Å²) in [5, 5.41) is 5.99. The van der Waals surface area contributed by atoms with Crippen molar-refractivity contribution >= 4 is 0 Å². The Balaban J connectivity index is 1.99. The molecule has 2 saturated heterocycles. The van der Waals surface area contributed by atoms with E-state index in [4.69, 9.17) is 0 Å². The lowest BCUT2D eigenvalue weighted by Gasteiger charge is -2.39. The van der Waals surface area contributed by atoms with Crippen LogP contribution in [0.4, 0.5) is 8.78 Å². The average molecular weight is 204 g/mol. The predicted octanol–water partition coefficient (Wildman–Crippen LogP) is 1.23. The molecule has 2 atom stereocenters. The maximum atomic E-state index is 13.6. The molecule has 2 aliphatic rings. The van der Waals surface area contributed by atoms with Gasteiger partial charge in [0.15, 0.2) is 0 Å². The molecule has 0 aromatic rings. The van der Waals surface area contributed by atoms with Gasteiger partial charge in [0, 0.05) is 5.92 Å². The first-order valence-electron chi connectivity index (χ1n) is 5.49. The summed E-state index contributed by atoms with van der Waals surface area (Å²) in [7, 11) is 0. The third kappa shape index (κ3) is 2.06. The van der Waals surface area contributed by atoms with Crippen LogP contribution in [0.1, 0.15) is 19.3 Å². The molecule has 2 unspecified atom stereocenters. The van der Waals surface area contributed by atoms with Gasteiger partial charge in [0.2, 0.25) is 0 Å². The molecule has 0 radical (unpaired) electrons. The molecule has 0 aromatic heterocycles. The SMILES string of the molecule is FC1(F)CNCCC1C1CCCNC1. The Morgan fingerprint density at radius 2 is 1.93 bits per heavy atom. The Bertz CT molecular complexity index is 191. The Labute approximate surface area is 83.4 Å². The van der Waals surface area contributed by atoms with E-state index in [9.17, 15) is 8.78 Å². The van der Waals surface area contributed by atoms with Crippen molar-refractivity contribution in [3.8, 4) is 0 Å². The molecule has 82 valence electrons. The van der Waals surface area contributed by atoms with Gasteiger partial charge >= 0.3 is 0 Å². The van der Waals surface area contributed by atoms with Gasteiger partial charge in [0.25, 0.3) is 5.92 Å². The van der Waals surface area contributed by atoms with E-state index in [-0.39, 0.29) is 12.5 Å². The lowest BCUT2D eigenvalue weighted by atomic mass is 9.78. The lowest BCUT2D eigenvalue weighted by molar-refractivity contribution is -0.0977. The molecule has 2 rings (SSSR count). The second-order valence-electron chi connectivity index (χ2n) is 4.44. The summed E-state index contributed by atoms with van der Waals surface area (Å²) in [6.45, 7) is 2.39. The van der Waals surface area contributed by atoms with E-state index in [0.717, 1.165) is 32.5 Å². The van der Waals surface area contributed by atoms with Crippen LogP contribution >= 0.6 is 0 Å². The molecule has 2 nitrogen and oxygen atoms in total. The summed E-state index contributed by atoms with van der Waals surface area (Å²) in [5.41, 5.74) is 0. The zero-order valence-corrected chi connectivity index (χ0v) is 8.36. The minimum atomic E-state index is -2.50. The molecule has 0 amide bonds. The van der Waals surface area contributed by atoms with Crippen LogP contribution in [0.25, 0.3) is 0 Å². The van der Waals surface area contributed by atoms with Gasteiger partial charge in [-0.1, -0.05) is 0 Å². The van der Waals surface area contributed by atoms with E-state index in [0.29, 0.717) is 6.42 Å². The highest BCUT2D eigenvalue weighted by Crippen LogP contribution is 2.37. The first-order chi connectivity index (χ1) is 6.70. The van der Waals surface area contributed by atoms with Gasteiger partial charge in [-0.05, 0) is 44.8 Å². The lowest BCUT2D eigenvalue weighted by Crippen LogP contribution is -2.51. The molecule has 4 heteroatoms. The van der Waals surface area contributed by atoms with Crippen molar-refractivity contribution in [1.29, 1.82) is 0 Å². The largest absolute Gasteiger partial charge is 0.316 e. The summed E-state index contributed by atoms with van der Waals surface area (Å²) >= 11 is 0. The highest BCUT2D eigenvalue weighted by molar-refractivity contribution is 4.90. The van der Waals surface area contributed by atoms with Crippen LogP contribution in [0.5, 0.6) is 0 Å². The molecule has 2 aliphatic heterocycles. The first kappa shape index (κ1) is 10.3. The van der Waals surface area contributed by atoms with Crippen LogP contribution in [-0.2, 0) is 0 Å². The van der Waals surface area contributed by atoms with Crippen molar-refractivity contribution in [1.82, 2.24) is 10.6 Å². The third-order valence-electron chi connectivity index (χ3n) is 3.44. The number of alkyl halides is 2. The molecular formula is C10H18F2N2. The van der Waals surface area contributed by atoms with Crippen molar-refractivity contribution < 1.29 is 8.78 Å². The van der Waals surface area contributed by atoms with Crippen LogP contribution in [0.2, 0.25) is 0 Å².